The van der Waals surface area contributed by atoms with Gasteiger partial charge in [0.1, 0.15) is 0 Å². The summed E-state index contributed by atoms with van der Waals surface area (Å²) in [5.74, 6) is 0. The predicted molar refractivity (Wildman–Crippen MR) is 20.2 cm³/mol. The normalized spacial score (nSPS) is 9.33. The van der Waals surface area contributed by atoms with Crippen molar-refractivity contribution >= 4 is 0 Å². The summed E-state index contributed by atoms with van der Waals surface area (Å²) in [5, 5.41) is 6.72. The van der Waals surface area contributed by atoms with Crippen molar-refractivity contribution in [3.63, 3.8) is 0 Å². The molecule has 0 heterocycles. The summed E-state index contributed by atoms with van der Waals surface area (Å²) in [4.78, 5) is 0. The lowest BCUT2D eigenvalue weighted by molar-refractivity contribution is -0.0728. The number of alkyl halides is 5. The Balaban J connectivity index is 0. The van der Waals surface area contributed by atoms with Crippen molar-refractivity contribution < 1.29 is 27.1 Å². The molecule has 0 aromatic rings. The Morgan fingerprint density at radius 3 is 1.22 bits per heavy atom. The molecule has 0 amide bonds. The fraction of sp³-hybridized carbons (Fsp3) is 1.00. The maximum Gasteiger partial charge on any atom is 0.342 e. The molecule has 0 aliphatic heterocycles. The van der Waals surface area contributed by atoms with Crippen LogP contribution in [0.1, 0.15) is 0 Å². The third-order valence-corrected chi connectivity index (χ3v) is 0.117. The van der Waals surface area contributed by atoms with Crippen LogP contribution >= 0.6 is 0 Å². The molecular weight excluding hydrogens is 147 g/mol. The molecule has 0 saturated heterocycles. The molecule has 1 nitrogen and oxygen atoms in total. The van der Waals surface area contributed by atoms with E-state index in [0.29, 0.717) is 0 Å². The van der Waals surface area contributed by atoms with Crippen LogP contribution in [0.5, 0.6) is 0 Å². The van der Waals surface area contributed by atoms with Crippen LogP contribution in [0.3, 0.4) is 0 Å². The van der Waals surface area contributed by atoms with Crippen LogP contribution in [0, 0.1) is 0 Å². The van der Waals surface area contributed by atoms with Gasteiger partial charge in [0.05, 0.1) is 0 Å². The zero-order valence-electron chi connectivity index (χ0n) is 4.20. The highest BCUT2D eigenvalue weighted by Crippen LogP contribution is 1.88. The molecule has 0 rings (SSSR count). The minimum atomic E-state index is -3.17. The zero-order chi connectivity index (χ0) is 7.86. The van der Waals surface area contributed by atoms with E-state index in [4.69, 9.17) is 5.11 Å². The Kier molecular flexibility index (Phi) is 9.65. The summed E-state index contributed by atoms with van der Waals surface area (Å²) in [6.45, 7) is -4.69. The van der Waals surface area contributed by atoms with E-state index in [9.17, 15) is 22.0 Å². The van der Waals surface area contributed by atoms with Crippen LogP contribution in [-0.2, 0) is 0 Å². The maximum atomic E-state index is 10.4. The SMILES string of the molecule is FCC(F)F.OC(F)F. The van der Waals surface area contributed by atoms with E-state index >= 15 is 0 Å². The Morgan fingerprint density at radius 1 is 1.11 bits per heavy atom. The average Bonchev–Trinajstić information content (AvgIpc) is 1.65. The minimum Gasteiger partial charge on any atom is -0.339 e. The Bertz CT molecular complexity index is 44.7. The smallest absolute Gasteiger partial charge is 0.339 e. The molecule has 0 aromatic heterocycles. The molecule has 0 radical (unpaired) electrons. The summed E-state index contributed by atoms with van der Waals surface area (Å²) in [6.07, 6.45) is -2.78. The fourth-order valence-corrected chi connectivity index (χ4v) is 0. The van der Waals surface area contributed by atoms with E-state index in [2.05, 4.69) is 0 Å². The summed E-state index contributed by atoms with van der Waals surface area (Å²) >= 11 is 0. The van der Waals surface area contributed by atoms with Gasteiger partial charge in [0.2, 0.25) is 0 Å². The van der Waals surface area contributed by atoms with Gasteiger partial charge in [0.25, 0.3) is 6.43 Å². The third kappa shape index (κ3) is 92.4. The first kappa shape index (κ1) is 11.4. The van der Waals surface area contributed by atoms with Crippen molar-refractivity contribution in [2.24, 2.45) is 0 Å². The Hall–Kier alpha value is -0.390. The predicted octanol–water partition coefficient (Wildman–Crippen LogP) is 1.42. The highest BCUT2D eigenvalue weighted by molar-refractivity contribution is 4.23. The van der Waals surface area contributed by atoms with Gasteiger partial charge in [0.15, 0.2) is 6.67 Å². The molecule has 1 N–H and O–H groups in total. The molecule has 0 aromatic carbocycles. The second-order valence-electron chi connectivity index (χ2n) is 0.823. The van der Waals surface area contributed by atoms with Gasteiger partial charge in [0, 0.05) is 0 Å². The summed E-state index contributed by atoms with van der Waals surface area (Å²) < 4.78 is 50.9. The van der Waals surface area contributed by atoms with Crippen LogP contribution in [0.15, 0.2) is 0 Å². The van der Waals surface area contributed by atoms with Crippen LogP contribution in [0.4, 0.5) is 22.0 Å². The average molecular weight is 152 g/mol. The van der Waals surface area contributed by atoms with Gasteiger partial charge in [-0.1, -0.05) is 0 Å². The Labute approximate surface area is 48.1 Å². The second kappa shape index (κ2) is 7.61. The summed E-state index contributed by atoms with van der Waals surface area (Å²) in [7, 11) is 0. The van der Waals surface area contributed by atoms with Crippen LogP contribution < -0.4 is 0 Å². The van der Waals surface area contributed by atoms with Crippen LogP contribution in [0.2, 0.25) is 0 Å². The number of halogens is 5. The molecule has 0 unspecified atom stereocenters. The number of rotatable bonds is 1. The van der Waals surface area contributed by atoms with E-state index in [1.807, 2.05) is 0 Å². The number of aliphatic hydroxyl groups is 1. The maximum absolute atomic E-state index is 10.4. The van der Waals surface area contributed by atoms with E-state index in [1.54, 1.807) is 0 Å². The monoisotopic (exact) mass is 152 g/mol. The molecule has 0 spiro atoms. The van der Waals surface area contributed by atoms with Crippen LogP contribution in [-0.4, -0.2) is 24.8 Å². The molecule has 0 fully saturated rings. The lowest BCUT2D eigenvalue weighted by Crippen LogP contribution is -1.88. The molecule has 58 valence electrons. The highest BCUT2D eigenvalue weighted by atomic mass is 19.3. The molecular formula is C3H5F5O. The van der Waals surface area contributed by atoms with Gasteiger partial charge in [-0.3, -0.25) is 0 Å². The van der Waals surface area contributed by atoms with Gasteiger partial charge in [-0.2, -0.15) is 8.78 Å². The number of aliphatic hydroxyl groups excluding tert-OH is 1. The number of hydrogen-bond acceptors (Lipinski definition) is 1. The van der Waals surface area contributed by atoms with E-state index < -0.39 is 19.7 Å². The van der Waals surface area contributed by atoms with Crippen molar-refractivity contribution in [1.82, 2.24) is 0 Å². The minimum absolute atomic E-state index is 1.53. The highest BCUT2D eigenvalue weighted by Gasteiger charge is 1.95. The van der Waals surface area contributed by atoms with Crippen molar-refractivity contribution in [2.75, 3.05) is 6.67 Å². The largest absolute Gasteiger partial charge is 0.342 e. The first-order valence-electron chi connectivity index (χ1n) is 1.81. The fourth-order valence-electron chi connectivity index (χ4n) is 0. The summed E-state index contributed by atoms with van der Waals surface area (Å²) in [5.41, 5.74) is 0. The molecule has 0 saturated carbocycles. The molecule has 6 heteroatoms. The third-order valence-electron chi connectivity index (χ3n) is 0.117. The van der Waals surface area contributed by atoms with Crippen molar-refractivity contribution in [2.45, 2.75) is 13.0 Å². The second-order valence-corrected chi connectivity index (χ2v) is 0.823. The molecule has 0 bridgehead atoms. The molecule has 9 heavy (non-hydrogen) atoms. The van der Waals surface area contributed by atoms with E-state index in [1.165, 1.54) is 0 Å². The molecule has 0 aliphatic carbocycles. The number of hydrogen-bond donors (Lipinski definition) is 1. The van der Waals surface area contributed by atoms with Gasteiger partial charge in [-0.15, -0.1) is 0 Å². The molecule has 0 aliphatic rings. The lowest BCUT2D eigenvalue weighted by atomic mass is 10.8. The van der Waals surface area contributed by atoms with Gasteiger partial charge in [-0.25, -0.2) is 13.2 Å². The van der Waals surface area contributed by atoms with Gasteiger partial charge in [-0.05, 0) is 0 Å². The quantitative estimate of drug-likeness (QED) is 0.563. The van der Waals surface area contributed by atoms with Gasteiger partial charge >= 0.3 is 6.61 Å². The first-order chi connectivity index (χ1) is 4.00. The standard InChI is InChI=1S/C2H3F3.CH2F2O/c3-1-2(4)5;2-1(3)4/h2H,1H2;1,4H. The topological polar surface area (TPSA) is 20.2 Å². The first-order valence-corrected chi connectivity index (χ1v) is 1.81. The van der Waals surface area contributed by atoms with Gasteiger partial charge < -0.3 is 5.11 Å². The van der Waals surface area contributed by atoms with Crippen molar-refractivity contribution in [1.29, 1.82) is 0 Å². The zero-order valence-corrected chi connectivity index (χ0v) is 4.20. The molecule has 0 atom stereocenters. The van der Waals surface area contributed by atoms with Crippen molar-refractivity contribution in [3.05, 3.63) is 0 Å². The van der Waals surface area contributed by atoms with Crippen LogP contribution in [0.25, 0.3) is 0 Å². The lowest BCUT2D eigenvalue weighted by Gasteiger charge is -1.78. The summed E-state index contributed by atoms with van der Waals surface area (Å²) in [6, 6.07) is 0. The Morgan fingerprint density at radius 2 is 1.22 bits per heavy atom. The van der Waals surface area contributed by atoms with Crippen molar-refractivity contribution in [3.8, 4) is 0 Å². The van der Waals surface area contributed by atoms with E-state index in [0.717, 1.165) is 0 Å². The van der Waals surface area contributed by atoms with E-state index in [-0.39, 0.29) is 0 Å².